The van der Waals surface area contributed by atoms with Crippen LogP contribution in [0.2, 0.25) is 0 Å². The van der Waals surface area contributed by atoms with Crippen molar-refractivity contribution in [2.75, 3.05) is 24.8 Å². The van der Waals surface area contributed by atoms with E-state index in [1.807, 2.05) is 0 Å². The van der Waals surface area contributed by atoms with E-state index in [1.165, 1.54) is 25.3 Å². The number of carbonyl (C=O) groups excluding carboxylic acids is 3. The molecule has 1 aliphatic heterocycles. The molecule has 2 fully saturated rings. The summed E-state index contributed by atoms with van der Waals surface area (Å²) < 4.78 is 47.1. The number of methoxy groups -OCH3 is 1. The lowest BCUT2D eigenvalue weighted by atomic mass is 9.81. The highest BCUT2D eigenvalue weighted by Gasteiger charge is 2.56. The maximum atomic E-state index is 14.0. The van der Waals surface area contributed by atoms with E-state index < -0.39 is 47.9 Å². The fraction of sp³-hybridized carbons (Fsp3) is 0.481. The molecule has 12 heteroatoms. The minimum atomic E-state index is -4.70. The molecule has 4 amide bonds. The maximum absolute atomic E-state index is 14.0. The van der Waals surface area contributed by atoms with E-state index in [-0.39, 0.29) is 12.2 Å². The molecule has 2 aromatic rings. The number of likely N-dealkylation sites (tertiary alicyclic amines) is 1. The monoisotopic (exact) mass is 547 g/mol. The van der Waals surface area contributed by atoms with Gasteiger partial charge in [0.2, 0.25) is 5.91 Å². The Morgan fingerprint density at radius 1 is 1.18 bits per heavy atom. The summed E-state index contributed by atoms with van der Waals surface area (Å²) in [7, 11) is 2.98. The number of hydrogen-bond donors (Lipinski definition) is 2. The zero-order valence-corrected chi connectivity index (χ0v) is 21.8. The second-order valence-electron chi connectivity index (χ2n) is 10.0. The molecule has 0 radical (unpaired) electrons. The van der Waals surface area contributed by atoms with E-state index in [0.717, 1.165) is 6.42 Å². The van der Waals surface area contributed by atoms with E-state index in [2.05, 4.69) is 10.3 Å². The van der Waals surface area contributed by atoms with Crippen molar-refractivity contribution in [3.8, 4) is 5.75 Å². The van der Waals surface area contributed by atoms with Gasteiger partial charge in [-0.15, -0.1) is 0 Å². The largest absolute Gasteiger partial charge is 0.497 e. The minimum absolute atomic E-state index is 0.0630. The first-order valence-electron chi connectivity index (χ1n) is 12.8. The van der Waals surface area contributed by atoms with Crippen LogP contribution in [0.4, 0.5) is 29.5 Å². The first-order valence-corrected chi connectivity index (χ1v) is 12.8. The topological polar surface area (TPSA) is 118 Å². The fourth-order valence-electron chi connectivity index (χ4n) is 5.40. The second kappa shape index (κ2) is 11.5. The molecule has 9 nitrogen and oxygen atoms in total. The number of nitrogen functional groups attached to an aromatic ring is 1. The van der Waals surface area contributed by atoms with Crippen LogP contribution in [-0.4, -0.2) is 60.1 Å². The number of urea groups is 1. The molecule has 0 unspecified atom stereocenters. The Labute approximate surface area is 224 Å². The van der Waals surface area contributed by atoms with Crippen molar-refractivity contribution in [3.63, 3.8) is 0 Å². The van der Waals surface area contributed by atoms with Crippen LogP contribution in [0.15, 0.2) is 42.6 Å². The van der Waals surface area contributed by atoms with E-state index in [9.17, 15) is 27.6 Å². The van der Waals surface area contributed by atoms with Gasteiger partial charge in [0.15, 0.2) is 0 Å². The van der Waals surface area contributed by atoms with E-state index in [0.29, 0.717) is 47.6 Å². The van der Waals surface area contributed by atoms with E-state index in [4.69, 9.17) is 10.5 Å². The molecule has 2 heterocycles. The molecule has 0 spiro atoms. The Kier molecular flexibility index (Phi) is 8.31. The predicted molar refractivity (Wildman–Crippen MR) is 138 cm³/mol. The SMILES string of the molecule is COc1ccc(N(C)C(=O)[C@@H]2[C@@H](Cc3ccnc(N)c3)C(=O)N2C(=O)N[C@@H](C2CCCCC2)C(F)(F)F)cc1. The van der Waals surface area contributed by atoms with Crippen LogP contribution in [0.5, 0.6) is 5.75 Å². The lowest BCUT2D eigenvalue weighted by Crippen LogP contribution is -2.71. The van der Waals surface area contributed by atoms with Gasteiger partial charge in [-0.25, -0.2) is 9.78 Å². The second-order valence-corrected chi connectivity index (χ2v) is 10.0. The van der Waals surface area contributed by atoms with Crippen LogP contribution in [0.25, 0.3) is 0 Å². The van der Waals surface area contributed by atoms with Crippen LogP contribution in [0.3, 0.4) is 0 Å². The number of nitrogens with two attached hydrogens (primary N) is 1. The highest BCUT2D eigenvalue weighted by Crippen LogP contribution is 2.37. The zero-order valence-electron chi connectivity index (χ0n) is 21.8. The number of likely N-dealkylation sites (N-methyl/N-ethyl adjacent to an activating group) is 1. The van der Waals surface area contributed by atoms with Gasteiger partial charge in [-0.3, -0.25) is 14.5 Å². The van der Waals surface area contributed by atoms with Gasteiger partial charge < -0.3 is 20.7 Å². The van der Waals surface area contributed by atoms with E-state index in [1.54, 1.807) is 36.4 Å². The van der Waals surface area contributed by atoms with Crippen LogP contribution < -0.4 is 20.7 Å². The van der Waals surface area contributed by atoms with Gasteiger partial charge >= 0.3 is 12.2 Å². The van der Waals surface area contributed by atoms with Crippen molar-refractivity contribution in [1.82, 2.24) is 15.2 Å². The Morgan fingerprint density at radius 2 is 1.85 bits per heavy atom. The number of alkyl halides is 3. The first kappa shape index (κ1) is 28.2. The Balaban J connectivity index is 1.60. The third-order valence-corrected chi connectivity index (χ3v) is 7.53. The Morgan fingerprint density at radius 3 is 2.44 bits per heavy atom. The van der Waals surface area contributed by atoms with Gasteiger partial charge in [-0.1, -0.05) is 19.3 Å². The summed E-state index contributed by atoms with van der Waals surface area (Å²) in [5.74, 6) is -2.31. The quantitative estimate of drug-likeness (QED) is 0.508. The summed E-state index contributed by atoms with van der Waals surface area (Å²) in [6.07, 6.45) is -0.403. The molecule has 39 heavy (non-hydrogen) atoms. The first-order chi connectivity index (χ1) is 18.5. The molecule has 4 rings (SSSR count). The molecule has 3 N–H and O–H groups in total. The third-order valence-electron chi connectivity index (χ3n) is 7.53. The molecule has 1 aliphatic carbocycles. The maximum Gasteiger partial charge on any atom is 0.408 e. The number of nitrogens with one attached hydrogen (secondary N) is 1. The van der Waals surface area contributed by atoms with Crippen LogP contribution in [0, 0.1) is 11.8 Å². The van der Waals surface area contributed by atoms with Crippen LogP contribution in [-0.2, 0) is 16.0 Å². The molecular weight excluding hydrogens is 515 g/mol. The number of rotatable bonds is 7. The normalized spacial score (nSPS) is 20.6. The van der Waals surface area contributed by atoms with Crippen molar-refractivity contribution in [2.45, 2.75) is 56.8 Å². The number of hydrogen-bond acceptors (Lipinski definition) is 6. The van der Waals surface area contributed by atoms with Gasteiger partial charge in [0.25, 0.3) is 5.91 Å². The molecule has 3 atom stereocenters. The van der Waals surface area contributed by atoms with Crippen molar-refractivity contribution in [2.24, 2.45) is 11.8 Å². The molecule has 0 bridgehead atoms. The van der Waals surface area contributed by atoms with Crippen molar-refractivity contribution in [1.29, 1.82) is 0 Å². The summed E-state index contributed by atoms with van der Waals surface area (Å²) in [5, 5.41) is 2.06. The summed E-state index contributed by atoms with van der Waals surface area (Å²) in [6.45, 7) is 0. The van der Waals surface area contributed by atoms with Gasteiger partial charge in [0.1, 0.15) is 23.7 Å². The standard InChI is InChI=1S/C27H32F3N5O4/c1-34(18-8-10-19(39-2)11-9-18)25(37)22-20(14-16-12-13-32-21(31)15-16)24(36)35(22)26(38)33-23(27(28,29)30)17-6-4-3-5-7-17/h8-13,15,17,20,22-23H,3-7,14H2,1-2H3,(H2,31,32)(H,33,38)/t20-,22+,23+/m1/s1. The van der Waals surface area contributed by atoms with Gasteiger partial charge in [-0.2, -0.15) is 13.2 Å². The lowest BCUT2D eigenvalue weighted by Gasteiger charge is -2.46. The fourth-order valence-corrected chi connectivity index (χ4v) is 5.40. The molecule has 1 aromatic carbocycles. The van der Waals surface area contributed by atoms with Gasteiger partial charge in [0.05, 0.1) is 13.0 Å². The van der Waals surface area contributed by atoms with Crippen molar-refractivity contribution >= 4 is 29.4 Å². The van der Waals surface area contributed by atoms with Crippen molar-refractivity contribution < 1.29 is 32.3 Å². The molecule has 2 aliphatic rings. The van der Waals surface area contributed by atoms with Gasteiger partial charge in [-0.05, 0) is 67.1 Å². The van der Waals surface area contributed by atoms with Gasteiger partial charge in [0, 0.05) is 18.9 Å². The highest BCUT2D eigenvalue weighted by atomic mass is 19.4. The number of halogens is 3. The summed E-state index contributed by atoms with van der Waals surface area (Å²) >= 11 is 0. The number of carbonyl (C=O) groups is 3. The Bertz CT molecular complexity index is 1200. The third kappa shape index (κ3) is 6.10. The number of benzene rings is 1. The number of pyridine rings is 1. The summed E-state index contributed by atoms with van der Waals surface area (Å²) in [6, 6.07) is 5.09. The van der Waals surface area contributed by atoms with Crippen LogP contribution in [0.1, 0.15) is 37.7 Å². The number of anilines is 2. The average molecular weight is 548 g/mol. The highest BCUT2D eigenvalue weighted by molar-refractivity contribution is 6.12. The molecule has 210 valence electrons. The molecule has 1 saturated heterocycles. The number of aromatic nitrogens is 1. The Hall–Kier alpha value is -3.83. The minimum Gasteiger partial charge on any atom is -0.497 e. The predicted octanol–water partition coefficient (Wildman–Crippen LogP) is 3.93. The summed E-state index contributed by atoms with van der Waals surface area (Å²) in [5.41, 5.74) is 6.82. The zero-order chi connectivity index (χ0) is 28.3. The summed E-state index contributed by atoms with van der Waals surface area (Å²) in [4.78, 5) is 45.9. The number of nitrogens with zero attached hydrogens (tertiary/aromatic N) is 3. The number of amides is 4. The average Bonchev–Trinajstić information content (AvgIpc) is 2.92. The van der Waals surface area contributed by atoms with Crippen LogP contribution >= 0.6 is 0 Å². The number of β-lactam (4-membered cyclic amide) rings is 1. The molecule has 1 saturated carbocycles. The lowest BCUT2D eigenvalue weighted by molar-refractivity contribution is -0.170. The molecule has 1 aromatic heterocycles. The molecular formula is C27H32F3N5O4. The van der Waals surface area contributed by atoms with Crippen molar-refractivity contribution in [3.05, 3.63) is 48.2 Å². The number of ether oxygens (including phenoxy) is 1. The number of imide groups is 1. The van der Waals surface area contributed by atoms with E-state index >= 15 is 0 Å². The smallest absolute Gasteiger partial charge is 0.408 e.